The number of carbonyl (C=O) groups excluding carboxylic acids is 1. The Bertz CT molecular complexity index is 1150. The maximum absolute atomic E-state index is 12.5. The summed E-state index contributed by atoms with van der Waals surface area (Å²) in [5.74, 6) is 0.989. The second-order valence-electron chi connectivity index (χ2n) is 8.49. The monoisotopic (exact) mass is 501 g/mol. The van der Waals surface area contributed by atoms with Gasteiger partial charge < -0.3 is 14.4 Å². The Hall–Kier alpha value is -3.68. The summed E-state index contributed by atoms with van der Waals surface area (Å²) in [6, 6.07) is 26.8. The van der Waals surface area contributed by atoms with Crippen LogP contribution in [0.5, 0.6) is 11.5 Å². The SMILES string of the molecule is COc1ccc(/C=C/C(=O)NC(=S)N2CCN(C(c3ccccc3)c3ccccc3)CC2)cc1OC. The van der Waals surface area contributed by atoms with Crippen LogP contribution in [0.15, 0.2) is 84.9 Å². The number of piperazine rings is 1. The largest absolute Gasteiger partial charge is 0.493 e. The standard InChI is InChI=1S/C29H31N3O3S/c1-34-25-15-13-22(21-26(25)35-2)14-16-27(33)30-29(36)32-19-17-31(18-20-32)28(23-9-5-3-6-10-23)24-11-7-4-8-12-24/h3-16,21,28H,17-20H2,1-2H3,(H,30,33,36)/b16-14+. The highest BCUT2D eigenvalue weighted by molar-refractivity contribution is 7.80. The molecule has 0 aliphatic carbocycles. The van der Waals surface area contributed by atoms with Crippen molar-refractivity contribution in [1.82, 2.24) is 15.1 Å². The predicted octanol–water partition coefficient (Wildman–Crippen LogP) is 4.53. The number of rotatable bonds is 7. The summed E-state index contributed by atoms with van der Waals surface area (Å²) in [4.78, 5) is 17.0. The molecule has 0 unspecified atom stereocenters. The number of thiocarbonyl (C=S) groups is 1. The topological polar surface area (TPSA) is 54.0 Å². The van der Waals surface area contributed by atoms with Gasteiger partial charge in [-0.1, -0.05) is 66.7 Å². The van der Waals surface area contributed by atoms with Gasteiger partial charge >= 0.3 is 0 Å². The number of hydrogen-bond acceptors (Lipinski definition) is 5. The Labute approximate surface area is 218 Å². The van der Waals surface area contributed by atoms with Gasteiger partial charge in [-0.05, 0) is 47.1 Å². The molecule has 1 aliphatic heterocycles. The summed E-state index contributed by atoms with van der Waals surface area (Å²) in [5.41, 5.74) is 3.37. The molecule has 3 aromatic rings. The van der Waals surface area contributed by atoms with Gasteiger partial charge in [-0.3, -0.25) is 15.0 Å². The molecule has 0 saturated carbocycles. The molecule has 0 radical (unpaired) electrons. The third kappa shape index (κ3) is 6.30. The molecule has 4 rings (SSSR count). The molecular formula is C29H31N3O3S. The van der Waals surface area contributed by atoms with Crippen LogP contribution in [0.2, 0.25) is 0 Å². The lowest BCUT2D eigenvalue weighted by molar-refractivity contribution is -0.115. The number of hydrogen-bond donors (Lipinski definition) is 1. The molecule has 7 heteroatoms. The van der Waals surface area contributed by atoms with E-state index in [0.717, 1.165) is 31.7 Å². The van der Waals surface area contributed by atoms with Crippen LogP contribution in [0, 0.1) is 0 Å². The van der Waals surface area contributed by atoms with Gasteiger partial charge in [0.2, 0.25) is 5.91 Å². The highest BCUT2D eigenvalue weighted by Gasteiger charge is 2.27. The molecule has 3 aromatic carbocycles. The molecule has 1 amide bonds. The smallest absolute Gasteiger partial charge is 0.250 e. The van der Waals surface area contributed by atoms with Crippen molar-refractivity contribution in [2.75, 3.05) is 40.4 Å². The van der Waals surface area contributed by atoms with Gasteiger partial charge in [0.1, 0.15) is 0 Å². The Kier molecular flexibility index (Phi) is 8.71. The molecule has 0 aromatic heterocycles. The highest BCUT2D eigenvalue weighted by atomic mass is 32.1. The maximum atomic E-state index is 12.5. The number of benzene rings is 3. The minimum atomic E-state index is -0.260. The summed E-state index contributed by atoms with van der Waals surface area (Å²) >= 11 is 5.55. The summed E-state index contributed by atoms with van der Waals surface area (Å²) in [6.07, 6.45) is 3.20. The average Bonchev–Trinajstić information content (AvgIpc) is 2.93. The van der Waals surface area contributed by atoms with E-state index in [-0.39, 0.29) is 11.9 Å². The highest BCUT2D eigenvalue weighted by Crippen LogP contribution is 2.30. The summed E-state index contributed by atoms with van der Waals surface area (Å²) in [7, 11) is 3.17. The van der Waals surface area contributed by atoms with Gasteiger partial charge in [0, 0.05) is 32.3 Å². The van der Waals surface area contributed by atoms with Gasteiger partial charge in [0.15, 0.2) is 16.6 Å². The Morgan fingerprint density at radius 3 is 2.00 bits per heavy atom. The first-order valence-corrected chi connectivity index (χ1v) is 12.3. The molecule has 1 aliphatic rings. The van der Waals surface area contributed by atoms with Gasteiger partial charge in [0.05, 0.1) is 20.3 Å². The van der Waals surface area contributed by atoms with E-state index in [2.05, 4.69) is 63.6 Å². The first-order valence-electron chi connectivity index (χ1n) is 11.9. The maximum Gasteiger partial charge on any atom is 0.250 e. The van der Waals surface area contributed by atoms with Crippen LogP contribution in [0.4, 0.5) is 0 Å². The van der Waals surface area contributed by atoms with Gasteiger partial charge in [-0.2, -0.15) is 0 Å². The first-order chi connectivity index (χ1) is 17.6. The number of nitrogens with one attached hydrogen (secondary N) is 1. The van der Waals surface area contributed by atoms with Crippen LogP contribution in [0.1, 0.15) is 22.7 Å². The normalized spacial score (nSPS) is 14.1. The molecule has 1 saturated heterocycles. The molecule has 0 atom stereocenters. The zero-order valence-electron chi connectivity index (χ0n) is 20.6. The summed E-state index contributed by atoms with van der Waals surface area (Å²) < 4.78 is 10.6. The fourth-order valence-electron chi connectivity index (χ4n) is 4.42. The molecule has 1 heterocycles. The molecule has 186 valence electrons. The Balaban J connectivity index is 1.35. The molecular weight excluding hydrogens is 470 g/mol. The second kappa shape index (κ2) is 12.3. The van der Waals surface area contributed by atoms with E-state index in [1.54, 1.807) is 26.4 Å². The Morgan fingerprint density at radius 2 is 1.44 bits per heavy atom. The molecule has 1 N–H and O–H groups in total. The molecule has 0 spiro atoms. The van der Waals surface area contributed by atoms with E-state index < -0.39 is 0 Å². The first kappa shape index (κ1) is 25.4. The van der Waals surface area contributed by atoms with Gasteiger partial charge in [-0.25, -0.2) is 0 Å². The van der Waals surface area contributed by atoms with E-state index >= 15 is 0 Å². The zero-order valence-corrected chi connectivity index (χ0v) is 21.4. The average molecular weight is 502 g/mol. The van der Waals surface area contributed by atoms with Crippen molar-refractivity contribution in [2.45, 2.75) is 6.04 Å². The number of ether oxygens (including phenoxy) is 2. The minimum Gasteiger partial charge on any atom is -0.493 e. The number of amides is 1. The van der Waals surface area contributed by atoms with Crippen molar-refractivity contribution in [1.29, 1.82) is 0 Å². The van der Waals surface area contributed by atoms with Crippen molar-refractivity contribution in [3.8, 4) is 11.5 Å². The van der Waals surface area contributed by atoms with Crippen LogP contribution in [0.25, 0.3) is 6.08 Å². The van der Waals surface area contributed by atoms with Crippen molar-refractivity contribution in [3.05, 3.63) is 102 Å². The van der Waals surface area contributed by atoms with Crippen LogP contribution in [0.3, 0.4) is 0 Å². The lowest BCUT2D eigenvalue weighted by Crippen LogP contribution is -2.53. The van der Waals surface area contributed by atoms with Crippen molar-refractivity contribution in [3.63, 3.8) is 0 Å². The fourth-order valence-corrected chi connectivity index (χ4v) is 4.71. The number of nitrogens with zero attached hydrogens (tertiary/aromatic N) is 2. The van der Waals surface area contributed by atoms with Crippen LogP contribution in [-0.2, 0) is 4.79 Å². The fraction of sp³-hybridized carbons (Fsp3) is 0.241. The molecule has 36 heavy (non-hydrogen) atoms. The molecule has 6 nitrogen and oxygen atoms in total. The van der Waals surface area contributed by atoms with E-state index in [1.807, 2.05) is 24.3 Å². The second-order valence-corrected chi connectivity index (χ2v) is 8.88. The summed E-state index contributed by atoms with van der Waals surface area (Å²) in [6.45, 7) is 3.17. The summed E-state index contributed by atoms with van der Waals surface area (Å²) in [5, 5.41) is 3.29. The van der Waals surface area contributed by atoms with Crippen LogP contribution >= 0.6 is 12.2 Å². The Morgan fingerprint density at radius 1 is 0.861 bits per heavy atom. The number of carbonyl (C=O) groups is 1. The van der Waals surface area contributed by atoms with Crippen molar-refractivity contribution < 1.29 is 14.3 Å². The number of methoxy groups -OCH3 is 2. The quantitative estimate of drug-likeness (QED) is 0.379. The third-order valence-corrected chi connectivity index (χ3v) is 6.62. The van der Waals surface area contributed by atoms with E-state index in [9.17, 15) is 4.79 Å². The van der Waals surface area contributed by atoms with Gasteiger partial charge in [0.25, 0.3) is 0 Å². The van der Waals surface area contributed by atoms with E-state index in [4.69, 9.17) is 21.7 Å². The third-order valence-electron chi connectivity index (χ3n) is 6.26. The predicted molar refractivity (Wildman–Crippen MR) is 147 cm³/mol. The van der Waals surface area contributed by atoms with E-state index in [1.165, 1.54) is 17.2 Å². The minimum absolute atomic E-state index is 0.183. The molecule has 1 fully saturated rings. The van der Waals surface area contributed by atoms with Crippen LogP contribution in [-0.4, -0.2) is 61.2 Å². The van der Waals surface area contributed by atoms with E-state index in [0.29, 0.717) is 16.6 Å². The van der Waals surface area contributed by atoms with Crippen molar-refractivity contribution >= 4 is 29.3 Å². The van der Waals surface area contributed by atoms with Gasteiger partial charge in [-0.15, -0.1) is 0 Å². The zero-order chi connectivity index (χ0) is 25.3. The van der Waals surface area contributed by atoms with Crippen LogP contribution < -0.4 is 14.8 Å². The molecule has 0 bridgehead atoms. The lowest BCUT2D eigenvalue weighted by atomic mass is 9.96. The lowest BCUT2D eigenvalue weighted by Gasteiger charge is -2.40. The van der Waals surface area contributed by atoms with Crippen molar-refractivity contribution in [2.24, 2.45) is 0 Å².